The third-order valence-electron chi connectivity index (χ3n) is 2.63. The first-order valence-corrected chi connectivity index (χ1v) is 10.4. The van der Waals surface area contributed by atoms with Crippen molar-refractivity contribution in [2.75, 3.05) is 13.2 Å². The number of hydrogen-bond donors (Lipinski definition) is 0. The second-order valence-corrected chi connectivity index (χ2v) is 8.90. The van der Waals surface area contributed by atoms with Crippen molar-refractivity contribution in [1.82, 2.24) is 0 Å². The van der Waals surface area contributed by atoms with Crippen LogP contribution < -0.4 is 0 Å². The second-order valence-electron chi connectivity index (χ2n) is 3.84. The van der Waals surface area contributed by atoms with E-state index in [9.17, 15) is 0 Å². The molecule has 2 aliphatic heterocycles. The van der Waals surface area contributed by atoms with Crippen molar-refractivity contribution in [2.45, 2.75) is 29.3 Å². The number of ether oxygens (including phenoxy) is 2. The van der Waals surface area contributed by atoms with Gasteiger partial charge in [0.05, 0.1) is 0 Å². The summed E-state index contributed by atoms with van der Waals surface area (Å²) in [6.07, 6.45) is 1.89. The van der Waals surface area contributed by atoms with Gasteiger partial charge in [-0.15, -0.1) is 0 Å². The first-order chi connectivity index (χ1) is 8.28. The predicted octanol–water partition coefficient (Wildman–Crippen LogP) is 2.93. The molecule has 6 heteroatoms. The molecule has 0 aromatic heterocycles. The van der Waals surface area contributed by atoms with Crippen molar-refractivity contribution in [2.24, 2.45) is 0 Å². The molecular weight excluding hydrogens is 393 g/mol. The monoisotopic (exact) mass is 408 g/mol. The summed E-state index contributed by atoms with van der Waals surface area (Å²) < 4.78 is 14.6. The van der Waals surface area contributed by atoms with E-state index in [0.29, 0.717) is 29.9 Å². The van der Waals surface area contributed by atoms with Gasteiger partial charge in [0.2, 0.25) is 0 Å². The van der Waals surface area contributed by atoms with Gasteiger partial charge in [0.1, 0.15) is 0 Å². The van der Waals surface area contributed by atoms with Crippen molar-refractivity contribution in [1.29, 1.82) is 0 Å². The Morgan fingerprint density at radius 3 is 1.82 bits per heavy atom. The maximum absolute atomic E-state index is 5.98. The van der Waals surface area contributed by atoms with Crippen LogP contribution in [0.1, 0.15) is 12.8 Å². The normalized spacial score (nSPS) is 36.1. The summed E-state index contributed by atoms with van der Waals surface area (Å²) in [5.41, 5.74) is 3.43. The van der Waals surface area contributed by atoms with Crippen molar-refractivity contribution in [3.8, 4) is 0 Å². The van der Waals surface area contributed by atoms with Crippen LogP contribution >= 0.6 is 23.2 Å². The van der Waals surface area contributed by atoms with Crippen LogP contribution in [0.15, 0.2) is 20.0 Å². The summed E-state index contributed by atoms with van der Waals surface area (Å²) in [5, 5.41) is 1.94. The average molecular weight is 407 g/mol. The molecular formula is C11H14Cl2O2Se2. The Bertz CT molecular complexity index is 299. The van der Waals surface area contributed by atoms with E-state index in [1.807, 2.05) is 0 Å². The van der Waals surface area contributed by atoms with E-state index in [1.54, 1.807) is 11.1 Å². The molecule has 2 heterocycles. The molecule has 1 spiro atoms. The van der Waals surface area contributed by atoms with Gasteiger partial charge in [-0.2, -0.15) is 0 Å². The second kappa shape index (κ2) is 6.98. The van der Waals surface area contributed by atoms with E-state index >= 15 is 0 Å². The molecule has 2 nitrogen and oxygen atoms in total. The molecule has 17 heavy (non-hydrogen) atoms. The minimum atomic E-state index is -0.358. The van der Waals surface area contributed by atoms with Crippen LogP contribution in [0.3, 0.4) is 0 Å². The van der Waals surface area contributed by atoms with Crippen molar-refractivity contribution in [3.63, 3.8) is 0 Å². The van der Waals surface area contributed by atoms with Crippen LogP contribution in [0, 0.1) is 0 Å². The molecule has 2 fully saturated rings. The third-order valence-corrected chi connectivity index (χ3v) is 9.10. The van der Waals surface area contributed by atoms with Gasteiger partial charge < -0.3 is 0 Å². The molecule has 2 aliphatic rings. The van der Waals surface area contributed by atoms with Gasteiger partial charge in [0.25, 0.3) is 0 Å². The Morgan fingerprint density at radius 2 is 1.41 bits per heavy atom. The van der Waals surface area contributed by atoms with Crippen molar-refractivity contribution in [3.05, 3.63) is 20.0 Å². The van der Waals surface area contributed by atoms with E-state index in [1.165, 1.54) is 8.94 Å². The maximum atomic E-state index is 5.98. The Hall–Kier alpha value is 1.02. The number of rotatable bonds is 0. The molecule has 0 aromatic rings. The van der Waals surface area contributed by atoms with Gasteiger partial charge >= 0.3 is 125 Å². The molecule has 0 unspecified atom stereocenters. The summed E-state index contributed by atoms with van der Waals surface area (Å²) >= 11 is 12.4. The summed E-state index contributed by atoms with van der Waals surface area (Å²) in [4.78, 5) is 0. The zero-order valence-electron chi connectivity index (χ0n) is 9.29. The summed E-state index contributed by atoms with van der Waals surface area (Å²) in [6, 6.07) is 0. The van der Waals surface area contributed by atoms with Gasteiger partial charge in [-0.05, 0) is 0 Å². The van der Waals surface area contributed by atoms with Gasteiger partial charge in [-0.3, -0.25) is 0 Å². The quantitative estimate of drug-likeness (QED) is 0.576. The fourth-order valence-electron chi connectivity index (χ4n) is 1.65. The van der Waals surface area contributed by atoms with Gasteiger partial charge in [0, 0.05) is 0 Å². The standard InChI is InChI=1S/C11H14Cl2O2Se2/c12-5-9-1-3-14-11(7-16-9)8-17-10(6-13)2-4-15-11/h5-6H,1-4,7-8H2/b9-5+,10-6+. The van der Waals surface area contributed by atoms with Crippen molar-refractivity contribution >= 4 is 53.1 Å². The first kappa shape index (κ1) is 14.4. The molecule has 0 bridgehead atoms. The topological polar surface area (TPSA) is 18.5 Å². The van der Waals surface area contributed by atoms with Crippen LogP contribution in [0.2, 0.25) is 10.6 Å². The zero-order chi connectivity index (χ0) is 12.1. The van der Waals surface area contributed by atoms with Crippen molar-refractivity contribution < 1.29 is 9.47 Å². The number of hydrogen-bond acceptors (Lipinski definition) is 2. The van der Waals surface area contributed by atoms with Crippen LogP contribution in [0.25, 0.3) is 0 Å². The fourth-order valence-corrected chi connectivity index (χ4v) is 7.22. The molecule has 2 rings (SSSR count). The van der Waals surface area contributed by atoms with Gasteiger partial charge in [-0.1, -0.05) is 0 Å². The molecule has 2 saturated heterocycles. The van der Waals surface area contributed by atoms with E-state index < -0.39 is 0 Å². The van der Waals surface area contributed by atoms with Crippen LogP contribution in [-0.4, -0.2) is 48.9 Å². The van der Waals surface area contributed by atoms with E-state index in [4.69, 9.17) is 32.7 Å². The number of halogens is 2. The van der Waals surface area contributed by atoms with E-state index in [0.717, 1.165) is 36.7 Å². The fraction of sp³-hybridized carbons (Fsp3) is 0.636. The molecule has 0 radical (unpaired) electrons. The van der Waals surface area contributed by atoms with E-state index in [2.05, 4.69) is 0 Å². The molecule has 0 saturated carbocycles. The molecule has 0 aliphatic carbocycles. The SMILES string of the molecule is Cl/C=C1\CCOC2(C[Se]1)C[Se]/C(=C/Cl)CCO2. The molecule has 96 valence electrons. The summed E-state index contributed by atoms with van der Waals surface area (Å²) in [5.74, 6) is -0.358. The average Bonchev–Trinajstić information content (AvgIpc) is 2.68. The minimum absolute atomic E-state index is 0.358. The molecule has 0 N–H and O–H groups in total. The summed E-state index contributed by atoms with van der Waals surface area (Å²) in [6.45, 7) is 1.44. The molecule has 0 amide bonds. The Morgan fingerprint density at radius 1 is 0.941 bits per heavy atom. The van der Waals surface area contributed by atoms with Gasteiger partial charge in [0.15, 0.2) is 0 Å². The molecule has 0 aromatic carbocycles. The van der Waals surface area contributed by atoms with Gasteiger partial charge in [-0.25, -0.2) is 0 Å². The first-order valence-electron chi connectivity index (χ1n) is 5.40. The Balaban J connectivity index is 2.03. The summed E-state index contributed by atoms with van der Waals surface area (Å²) in [7, 11) is 0. The zero-order valence-corrected chi connectivity index (χ0v) is 14.2. The molecule has 0 atom stereocenters. The van der Waals surface area contributed by atoms with Crippen LogP contribution in [0.5, 0.6) is 0 Å². The van der Waals surface area contributed by atoms with E-state index in [-0.39, 0.29) is 5.79 Å². The van der Waals surface area contributed by atoms with Crippen LogP contribution in [-0.2, 0) is 9.47 Å². The Kier molecular flexibility index (Phi) is 5.92. The Labute approximate surface area is 124 Å². The van der Waals surface area contributed by atoms with Crippen LogP contribution in [0.4, 0.5) is 0 Å². The predicted molar refractivity (Wildman–Crippen MR) is 72.9 cm³/mol. The third kappa shape index (κ3) is 3.99.